The highest BCUT2D eigenvalue weighted by atomic mass is 16.5. The van der Waals surface area contributed by atoms with Crippen LogP contribution in [0.1, 0.15) is 20.3 Å². The summed E-state index contributed by atoms with van der Waals surface area (Å²) in [5.74, 6) is -0.283. The Morgan fingerprint density at radius 1 is 1.62 bits per heavy atom. The summed E-state index contributed by atoms with van der Waals surface area (Å²) in [6, 6.07) is 0. The molecule has 0 fully saturated rings. The van der Waals surface area contributed by atoms with Gasteiger partial charge in [0.15, 0.2) is 0 Å². The molecule has 0 saturated heterocycles. The first-order chi connectivity index (χ1) is 5.91. The summed E-state index contributed by atoms with van der Waals surface area (Å²) in [4.78, 5) is 12.6. The molecule has 0 amide bonds. The molecule has 78 valence electrons. The number of aliphatic hydroxyl groups is 1. The highest BCUT2D eigenvalue weighted by molar-refractivity contribution is 5.71. The molecule has 0 radical (unpaired) electrons. The Kier molecular flexibility index (Phi) is 4.95. The number of methoxy groups -OCH3 is 1. The Bertz CT molecular complexity index is 168. The van der Waals surface area contributed by atoms with Crippen LogP contribution in [0.2, 0.25) is 0 Å². The molecule has 13 heavy (non-hydrogen) atoms. The summed E-state index contributed by atoms with van der Waals surface area (Å²) in [6.07, 6.45) is 0.665. The van der Waals surface area contributed by atoms with Crippen molar-refractivity contribution >= 4 is 5.97 Å². The van der Waals surface area contributed by atoms with E-state index in [0.29, 0.717) is 13.0 Å². The van der Waals surface area contributed by atoms with E-state index in [2.05, 4.69) is 4.74 Å². The average Bonchev–Trinajstić information content (AvgIpc) is 2.03. The van der Waals surface area contributed by atoms with Crippen LogP contribution in [0.4, 0.5) is 0 Å². The molecule has 1 N–H and O–H groups in total. The van der Waals surface area contributed by atoms with E-state index in [0.717, 1.165) is 0 Å². The molecule has 4 nitrogen and oxygen atoms in total. The fraction of sp³-hybridized carbons (Fsp3) is 0.889. The second-order valence-electron chi connectivity index (χ2n) is 3.60. The van der Waals surface area contributed by atoms with E-state index < -0.39 is 5.60 Å². The van der Waals surface area contributed by atoms with Crippen LogP contribution < -0.4 is 0 Å². The van der Waals surface area contributed by atoms with Gasteiger partial charge in [-0.15, -0.1) is 0 Å². The van der Waals surface area contributed by atoms with Crippen molar-refractivity contribution in [2.24, 2.45) is 0 Å². The molecular weight excluding hydrogens is 170 g/mol. The van der Waals surface area contributed by atoms with Crippen LogP contribution in [-0.4, -0.2) is 48.8 Å². The van der Waals surface area contributed by atoms with Gasteiger partial charge >= 0.3 is 5.97 Å². The Labute approximate surface area is 79.5 Å². The van der Waals surface area contributed by atoms with E-state index in [-0.39, 0.29) is 12.5 Å². The average molecular weight is 189 g/mol. The normalized spacial score (nSPS) is 15.5. The summed E-state index contributed by atoms with van der Waals surface area (Å²) >= 11 is 0. The van der Waals surface area contributed by atoms with E-state index in [1.165, 1.54) is 7.11 Å². The molecule has 0 bridgehead atoms. The number of likely N-dealkylation sites (N-methyl/N-ethyl adjacent to an activating group) is 1. The topological polar surface area (TPSA) is 49.8 Å². The standard InChI is InChI=1S/C9H19NO3/c1-5-9(2,12)7-10(3)6-8(11)13-4/h12H,5-7H2,1-4H3. The third-order valence-electron chi connectivity index (χ3n) is 2.00. The van der Waals surface area contributed by atoms with Crippen molar-refractivity contribution in [2.45, 2.75) is 25.9 Å². The monoisotopic (exact) mass is 189 g/mol. The molecule has 0 spiro atoms. The first-order valence-corrected chi connectivity index (χ1v) is 4.39. The van der Waals surface area contributed by atoms with Crippen molar-refractivity contribution in [1.29, 1.82) is 0 Å². The Morgan fingerprint density at radius 2 is 2.15 bits per heavy atom. The van der Waals surface area contributed by atoms with E-state index >= 15 is 0 Å². The largest absolute Gasteiger partial charge is 0.468 e. The molecule has 0 aromatic heterocycles. The third kappa shape index (κ3) is 5.60. The third-order valence-corrected chi connectivity index (χ3v) is 2.00. The minimum Gasteiger partial charge on any atom is -0.468 e. The zero-order valence-electron chi connectivity index (χ0n) is 8.83. The highest BCUT2D eigenvalue weighted by Gasteiger charge is 2.20. The number of rotatable bonds is 5. The summed E-state index contributed by atoms with van der Waals surface area (Å²) < 4.78 is 4.51. The summed E-state index contributed by atoms with van der Waals surface area (Å²) in [6.45, 7) is 4.35. The van der Waals surface area contributed by atoms with Gasteiger partial charge in [0, 0.05) is 6.54 Å². The quantitative estimate of drug-likeness (QED) is 0.630. The molecule has 1 atom stereocenters. The van der Waals surface area contributed by atoms with Gasteiger partial charge in [0.2, 0.25) is 0 Å². The fourth-order valence-corrected chi connectivity index (χ4v) is 1.03. The summed E-state index contributed by atoms with van der Waals surface area (Å²) in [7, 11) is 3.13. The number of nitrogens with zero attached hydrogens (tertiary/aromatic N) is 1. The number of hydrogen-bond acceptors (Lipinski definition) is 4. The highest BCUT2D eigenvalue weighted by Crippen LogP contribution is 2.09. The number of esters is 1. The maximum absolute atomic E-state index is 10.9. The smallest absolute Gasteiger partial charge is 0.319 e. The van der Waals surface area contributed by atoms with Gasteiger partial charge in [0.05, 0.1) is 19.3 Å². The van der Waals surface area contributed by atoms with Gasteiger partial charge in [-0.3, -0.25) is 9.69 Å². The van der Waals surface area contributed by atoms with Crippen LogP contribution in [0.15, 0.2) is 0 Å². The maximum atomic E-state index is 10.9. The van der Waals surface area contributed by atoms with E-state index in [1.54, 1.807) is 18.9 Å². The zero-order chi connectivity index (χ0) is 10.5. The second-order valence-corrected chi connectivity index (χ2v) is 3.60. The molecular formula is C9H19NO3. The molecule has 4 heteroatoms. The minimum atomic E-state index is -0.733. The molecule has 0 aromatic rings. The lowest BCUT2D eigenvalue weighted by Gasteiger charge is -2.27. The van der Waals surface area contributed by atoms with Gasteiger partial charge in [-0.25, -0.2) is 0 Å². The zero-order valence-corrected chi connectivity index (χ0v) is 8.83. The van der Waals surface area contributed by atoms with Crippen molar-refractivity contribution in [3.05, 3.63) is 0 Å². The Balaban J connectivity index is 3.86. The lowest BCUT2D eigenvalue weighted by Crippen LogP contribution is -2.40. The van der Waals surface area contributed by atoms with Crippen LogP contribution in [0.3, 0.4) is 0 Å². The summed E-state index contributed by atoms with van der Waals surface area (Å²) in [5, 5.41) is 9.69. The first-order valence-electron chi connectivity index (χ1n) is 4.39. The van der Waals surface area contributed by atoms with Crippen LogP contribution >= 0.6 is 0 Å². The maximum Gasteiger partial charge on any atom is 0.319 e. The van der Waals surface area contributed by atoms with Crippen molar-refractivity contribution in [2.75, 3.05) is 27.2 Å². The predicted octanol–water partition coefficient (Wildman–Crippen LogP) is 0.252. The van der Waals surface area contributed by atoms with Crippen molar-refractivity contribution in [1.82, 2.24) is 4.90 Å². The van der Waals surface area contributed by atoms with Gasteiger partial charge in [-0.05, 0) is 20.4 Å². The SMILES string of the molecule is CCC(C)(O)CN(C)CC(=O)OC. The molecule has 0 saturated carbocycles. The van der Waals surface area contributed by atoms with Gasteiger partial charge in [0.1, 0.15) is 0 Å². The molecule has 0 aliphatic rings. The first kappa shape index (κ1) is 12.4. The van der Waals surface area contributed by atoms with Gasteiger partial charge in [-0.1, -0.05) is 6.92 Å². The van der Waals surface area contributed by atoms with Crippen LogP contribution in [0.5, 0.6) is 0 Å². The molecule has 0 aliphatic heterocycles. The van der Waals surface area contributed by atoms with Crippen molar-refractivity contribution in [3.63, 3.8) is 0 Å². The summed E-state index contributed by atoms with van der Waals surface area (Å²) in [5.41, 5.74) is -0.733. The molecule has 0 heterocycles. The predicted molar refractivity (Wildman–Crippen MR) is 50.4 cm³/mol. The van der Waals surface area contributed by atoms with E-state index in [9.17, 15) is 9.90 Å². The lowest BCUT2D eigenvalue weighted by atomic mass is 10.0. The van der Waals surface area contributed by atoms with Crippen molar-refractivity contribution < 1.29 is 14.6 Å². The van der Waals surface area contributed by atoms with Crippen LogP contribution in [0, 0.1) is 0 Å². The Hall–Kier alpha value is -0.610. The molecule has 0 aromatic carbocycles. The van der Waals surface area contributed by atoms with Gasteiger partial charge < -0.3 is 9.84 Å². The number of carbonyl (C=O) groups is 1. The molecule has 0 aliphatic carbocycles. The second kappa shape index (κ2) is 5.19. The van der Waals surface area contributed by atoms with E-state index in [1.807, 2.05) is 6.92 Å². The number of ether oxygens (including phenoxy) is 1. The molecule has 0 rings (SSSR count). The van der Waals surface area contributed by atoms with Crippen molar-refractivity contribution in [3.8, 4) is 0 Å². The van der Waals surface area contributed by atoms with Gasteiger partial charge in [0.25, 0.3) is 0 Å². The Morgan fingerprint density at radius 3 is 2.54 bits per heavy atom. The molecule has 1 unspecified atom stereocenters. The minimum absolute atomic E-state index is 0.215. The van der Waals surface area contributed by atoms with Crippen LogP contribution in [-0.2, 0) is 9.53 Å². The van der Waals surface area contributed by atoms with Gasteiger partial charge in [-0.2, -0.15) is 0 Å². The number of hydrogen-bond donors (Lipinski definition) is 1. The lowest BCUT2D eigenvalue weighted by molar-refractivity contribution is -0.142. The van der Waals surface area contributed by atoms with Crippen LogP contribution in [0.25, 0.3) is 0 Å². The number of carbonyl (C=O) groups excluding carboxylic acids is 1. The fourth-order valence-electron chi connectivity index (χ4n) is 1.03. The van der Waals surface area contributed by atoms with E-state index in [4.69, 9.17) is 0 Å².